The number of aromatic nitrogens is 1. The standard InChI is InChI=1S/C19H23F3N4O6S/c1-4-6-16(27)24-18(19(20,21)22,17(28)31-5-2)23-13-7-9-14(10-8-13)33(29,30)26-15-11-12(3)32-25-15/h7-11,23H,4-6H2,1-3H3,(H,24,27)(H,25,26)/t18-/m0/s1. The lowest BCUT2D eigenvalue weighted by molar-refractivity contribution is -0.207. The average molecular weight is 492 g/mol. The van der Waals surface area contributed by atoms with Gasteiger partial charge in [0.05, 0.1) is 11.5 Å². The first kappa shape index (κ1) is 26.0. The lowest BCUT2D eigenvalue weighted by atomic mass is 10.1. The Morgan fingerprint density at radius 3 is 2.27 bits per heavy atom. The van der Waals surface area contributed by atoms with E-state index in [-0.39, 0.29) is 35.8 Å². The minimum Gasteiger partial charge on any atom is -0.463 e. The second-order valence-corrected chi connectivity index (χ2v) is 8.53. The molecule has 1 atom stereocenters. The summed E-state index contributed by atoms with van der Waals surface area (Å²) in [5.41, 5.74) is -3.88. The van der Waals surface area contributed by atoms with Crippen LogP contribution < -0.4 is 15.4 Å². The van der Waals surface area contributed by atoms with Crippen molar-refractivity contribution in [3.8, 4) is 0 Å². The number of alkyl halides is 3. The number of carbonyl (C=O) groups excluding carboxylic acids is 2. The minimum absolute atomic E-state index is 0.0771. The van der Waals surface area contributed by atoms with Crippen LogP contribution in [0.1, 0.15) is 32.4 Å². The Balaban J connectivity index is 2.37. The van der Waals surface area contributed by atoms with Gasteiger partial charge in [-0.3, -0.25) is 9.52 Å². The van der Waals surface area contributed by atoms with Gasteiger partial charge in [-0.15, -0.1) is 0 Å². The lowest BCUT2D eigenvalue weighted by Crippen LogP contribution is -2.69. The summed E-state index contributed by atoms with van der Waals surface area (Å²) >= 11 is 0. The Morgan fingerprint density at radius 2 is 1.79 bits per heavy atom. The molecule has 3 N–H and O–H groups in total. The normalized spacial score (nSPS) is 13.6. The molecule has 14 heteroatoms. The molecular formula is C19H23F3N4O6S. The Morgan fingerprint density at radius 1 is 1.15 bits per heavy atom. The first-order valence-electron chi connectivity index (χ1n) is 9.74. The Hall–Kier alpha value is -3.29. The topological polar surface area (TPSA) is 140 Å². The number of benzene rings is 1. The van der Waals surface area contributed by atoms with Crippen LogP contribution >= 0.6 is 0 Å². The number of rotatable bonds is 10. The summed E-state index contributed by atoms with van der Waals surface area (Å²) in [5, 5.41) is 7.15. The number of hydrogen-bond acceptors (Lipinski definition) is 8. The van der Waals surface area contributed by atoms with Crippen molar-refractivity contribution in [3.63, 3.8) is 0 Å². The number of hydrogen-bond donors (Lipinski definition) is 3. The molecule has 0 aliphatic carbocycles. The summed E-state index contributed by atoms with van der Waals surface area (Å²) in [6.45, 7) is 4.09. The van der Waals surface area contributed by atoms with Gasteiger partial charge in [-0.1, -0.05) is 12.1 Å². The highest BCUT2D eigenvalue weighted by Crippen LogP contribution is 2.33. The van der Waals surface area contributed by atoms with Crippen LogP contribution in [-0.2, 0) is 24.3 Å². The molecule has 2 rings (SSSR count). The number of carbonyl (C=O) groups is 2. The fraction of sp³-hybridized carbons (Fsp3) is 0.421. The van der Waals surface area contributed by atoms with Gasteiger partial charge >= 0.3 is 17.8 Å². The van der Waals surface area contributed by atoms with Crippen LogP contribution in [0.2, 0.25) is 0 Å². The maximum Gasteiger partial charge on any atom is 0.441 e. The fourth-order valence-electron chi connectivity index (χ4n) is 2.67. The van der Waals surface area contributed by atoms with E-state index in [1.54, 1.807) is 19.2 Å². The number of amides is 1. The molecule has 2 aromatic rings. The maximum absolute atomic E-state index is 14.0. The SMILES string of the molecule is CCCC(=O)N[C@@](Nc1ccc(S(=O)(=O)Nc2cc(C)on2)cc1)(C(=O)OCC)C(F)(F)F. The molecule has 0 saturated carbocycles. The number of ether oxygens (including phenoxy) is 1. The van der Waals surface area contributed by atoms with Crippen LogP contribution in [0.3, 0.4) is 0 Å². The molecule has 0 aliphatic heterocycles. The average Bonchev–Trinajstić information content (AvgIpc) is 3.11. The van der Waals surface area contributed by atoms with E-state index < -0.39 is 33.7 Å². The van der Waals surface area contributed by atoms with E-state index in [2.05, 4.69) is 14.6 Å². The quantitative estimate of drug-likeness (QED) is 0.340. The number of halogens is 3. The van der Waals surface area contributed by atoms with Gasteiger partial charge in [0.15, 0.2) is 5.82 Å². The van der Waals surface area contributed by atoms with E-state index >= 15 is 0 Å². The number of sulfonamides is 1. The zero-order valence-corrected chi connectivity index (χ0v) is 18.8. The third kappa shape index (κ3) is 6.15. The summed E-state index contributed by atoms with van der Waals surface area (Å²) in [6.07, 6.45) is -5.31. The van der Waals surface area contributed by atoms with Gasteiger partial charge < -0.3 is 19.9 Å². The molecule has 0 radical (unpaired) electrons. The molecule has 0 bridgehead atoms. The molecule has 33 heavy (non-hydrogen) atoms. The van der Waals surface area contributed by atoms with E-state index in [1.165, 1.54) is 13.0 Å². The van der Waals surface area contributed by atoms with Gasteiger partial charge in [0.1, 0.15) is 5.76 Å². The van der Waals surface area contributed by atoms with Crippen molar-refractivity contribution >= 4 is 33.4 Å². The zero-order valence-electron chi connectivity index (χ0n) is 17.9. The summed E-state index contributed by atoms with van der Waals surface area (Å²) in [7, 11) is -4.12. The Kier molecular flexibility index (Phi) is 7.95. The second kappa shape index (κ2) is 10.1. The van der Waals surface area contributed by atoms with Crippen molar-refractivity contribution in [2.45, 2.75) is 50.3 Å². The monoisotopic (exact) mass is 492 g/mol. The number of nitrogens with one attached hydrogen (secondary N) is 3. The van der Waals surface area contributed by atoms with Crippen LogP contribution in [0.4, 0.5) is 24.7 Å². The number of esters is 1. The summed E-state index contributed by atoms with van der Waals surface area (Å²) in [5.74, 6) is -2.50. The predicted octanol–water partition coefficient (Wildman–Crippen LogP) is 2.93. The lowest BCUT2D eigenvalue weighted by Gasteiger charge is -2.35. The molecule has 0 aliphatic rings. The zero-order chi connectivity index (χ0) is 24.9. The summed E-state index contributed by atoms with van der Waals surface area (Å²) in [6, 6.07) is 5.38. The van der Waals surface area contributed by atoms with E-state index in [0.29, 0.717) is 5.76 Å². The Bertz CT molecular complexity index is 1090. The molecule has 1 aromatic heterocycles. The molecule has 1 aromatic carbocycles. The highest BCUT2D eigenvalue weighted by molar-refractivity contribution is 7.92. The van der Waals surface area contributed by atoms with E-state index in [0.717, 1.165) is 24.3 Å². The summed E-state index contributed by atoms with van der Waals surface area (Å²) in [4.78, 5) is 24.1. The highest BCUT2D eigenvalue weighted by atomic mass is 32.2. The molecule has 182 valence electrons. The molecule has 0 unspecified atom stereocenters. The smallest absolute Gasteiger partial charge is 0.441 e. The van der Waals surface area contributed by atoms with Crippen LogP contribution in [-0.4, -0.2) is 43.9 Å². The van der Waals surface area contributed by atoms with Crippen LogP contribution in [0.5, 0.6) is 0 Å². The third-order valence-corrected chi connectivity index (χ3v) is 5.54. The molecule has 1 heterocycles. The van der Waals surface area contributed by atoms with Gasteiger partial charge in [-0.05, 0) is 44.5 Å². The van der Waals surface area contributed by atoms with Crippen LogP contribution in [0.25, 0.3) is 0 Å². The molecular weight excluding hydrogens is 469 g/mol. The fourth-order valence-corrected chi connectivity index (χ4v) is 3.66. The Labute approximate surface area is 187 Å². The molecule has 10 nitrogen and oxygen atoms in total. The van der Waals surface area contributed by atoms with Crippen molar-refractivity contribution in [1.82, 2.24) is 10.5 Å². The van der Waals surface area contributed by atoms with Crippen molar-refractivity contribution in [3.05, 3.63) is 36.1 Å². The first-order valence-corrected chi connectivity index (χ1v) is 11.2. The van der Waals surface area contributed by atoms with Gasteiger partial charge in [0, 0.05) is 18.2 Å². The second-order valence-electron chi connectivity index (χ2n) is 6.84. The van der Waals surface area contributed by atoms with E-state index in [4.69, 9.17) is 4.52 Å². The van der Waals surface area contributed by atoms with Gasteiger partial charge in [-0.25, -0.2) is 13.2 Å². The predicted molar refractivity (Wildman–Crippen MR) is 111 cm³/mol. The van der Waals surface area contributed by atoms with Gasteiger partial charge in [-0.2, -0.15) is 13.2 Å². The van der Waals surface area contributed by atoms with Crippen molar-refractivity contribution in [2.24, 2.45) is 0 Å². The van der Waals surface area contributed by atoms with E-state index in [9.17, 15) is 31.2 Å². The maximum atomic E-state index is 14.0. The molecule has 1 amide bonds. The van der Waals surface area contributed by atoms with Gasteiger partial charge in [0.2, 0.25) is 5.91 Å². The highest BCUT2D eigenvalue weighted by Gasteiger charge is 2.63. The van der Waals surface area contributed by atoms with E-state index in [1.807, 2.05) is 5.32 Å². The molecule has 0 fully saturated rings. The van der Waals surface area contributed by atoms with Crippen molar-refractivity contribution < 1.29 is 40.4 Å². The summed E-state index contributed by atoms with van der Waals surface area (Å²) < 4.78 is 78.6. The number of nitrogens with zero attached hydrogens (tertiary/aromatic N) is 1. The van der Waals surface area contributed by atoms with Crippen LogP contribution in [0.15, 0.2) is 39.8 Å². The molecule has 0 spiro atoms. The van der Waals surface area contributed by atoms with Gasteiger partial charge in [0.25, 0.3) is 10.0 Å². The van der Waals surface area contributed by atoms with Crippen molar-refractivity contribution in [2.75, 3.05) is 16.6 Å². The largest absolute Gasteiger partial charge is 0.463 e. The van der Waals surface area contributed by atoms with Crippen molar-refractivity contribution in [1.29, 1.82) is 0 Å². The minimum atomic E-state index is -5.29. The first-order chi connectivity index (χ1) is 15.3. The van der Waals surface area contributed by atoms with Crippen LogP contribution in [0, 0.1) is 6.92 Å². The number of aryl methyl sites for hydroxylation is 1. The third-order valence-electron chi connectivity index (χ3n) is 4.17. The molecule has 0 saturated heterocycles. The number of anilines is 2.